The van der Waals surface area contributed by atoms with Gasteiger partial charge in [0, 0.05) is 31.5 Å². The Hall–Kier alpha value is -1.78. The van der Waals surface area contributed by atoms with Gasteiger partial charge in [-0.15, -0.1) is 0 Å². The molecule has 1 aromatic heterocycles. The lowest BCUT2D eigenvalue weighted by atomic mass is 9.93. The molecule has 0 radical (unpaired) electrons. The Morgan fingerprint density at radius 1 is 1.08 bits per heavy atom. The summed E-state index contributed by atoms with van der Waals surface area (Å²) in [6.45, 7) is 6.09. The molecule has 3 rings (SSSR count). The minimum atomic E-state index is 0.0289. The number of nitrogens with zero attached hydrogens (tertiary/aromatic N) is 2. The predicted molar refractivity (Wildman–Crippen MR) is 95.8 cm³/mol. The van der Waals surface area contributed by atoms with Gasteiger partial charge in [-0.25, -0.2) is 0 Å². The molecule has 25 heavy (non-hydrogen) atoms. The van der Waals surface area contributed by atoms with Crippen LogP contribution in [0.5, 0.6) is 0 Å². The van der Waals surface area contributed by atoms with Gasteiger partial charge >= 0.3 is 0 Å². The fourth-order valence-corrected chi connectivity index (χ4v) is 4.10. The summed E-state index contributed by atoms with van der Waals surface area (Å²) in [4.78, 5) is 29.3. The average molecular weight is 346 g/mol. The van der Waals surface area contributed by atoms with Crippen molar-refractivity contribution in [3.63, 3.8) is 0 Å². The molecule has 0 N–H and O–H groups in total. The molecule has 2 saturated heterocycles. The van der Waals surface area contributed by atoms with Crippen LogP contribution in [0.3, 0.4) is 0 Å². The summed E-state index contributed by atoms with van der Waals surface area (Å²) in [5, 5.41) is 0. The van der Waals surface area contributed by atoms with Crippen molar-refractivity contribution in [1.29, 1.82) is 0 Å². The Balaban J connectivity index is 1.66. The second kappa shape index (κ2) is 8.07. The number of rotatable bonds is 3. The van der Waals surface area contributed by atoms with Gasteiger partial charge < -0.3 is 14.2 Å². The van der Waals surface area contributed by atoms with Gasteiger partial charge in [0.2, 0.25) is 11.8 Å². The van der Waals surface area contributed by atoms with Crippen LogP contribution in [-0.4, -0.2) is 41.2 Å². The average Bonchev–Trinajstić information content (AvgIpc) is 3.05. The van der Waals surface area contributed by atoms with Gasteiger partial charge in [-0.1, -0.05) is 26.7 Å². The van der Waals surface area contributed by atoms with Crippen LogP contribution in [0.1, 0.15) is 64.2 Å². The van der Waals surface area contributed by atoms with Crippen molar-refractivity contribution in [2.24, 2.45) is 11.8 Å². The molecule has 0 bridgehead atoms. The number of hydrogen-bond donors (Lipinski definition) is 0. The molecule has 2 fully saturated rings. The molecule has 0 spiro atoms. The van der Waals surface area contributed by atoms with E-state index in [0.29, 0.717) is 13.1 Å². The highest BCUT2D eigenvalue weighted by Gasteiger charge is 2.35. The maximum atomic E-state index is 13.2. The third kappa shape index (κ3) is 4.07. The first-order chi connectivity index (χ1) is 12.1. The molecular formula is C20H30N2O3. The van der Waals surface area contributed by atoms with Crippen LogP contribution >= 0.6 is 0 Å². The summed E-state index contributed by atoms with van der Waals surface area (Å²) in [5.41, 5.74) is 0. The van der Waals surface area contributed by atoms with Crippen LogP contribution in [0, 0.1) is 11.8 Å². The van der Waals surface area contributed by atoms with Crippen LogP contribution < -0.4 is 0 Å². The van der Waals surface area contributed by atoms with E-state index in [1.54, 1.807) is 6.26 Å². The van der Waals surface area contributed by atoms with E-state index in [2.05, 4.69) is 4.90 Å². The van der Waals surface area contributed by atoms with E-state index >= 15 is 0 Å². The molecule has 5 heteroatoms. The molecular weight excluding hydrogens is 316 g/mol. The van der Waals surface area contributed by atoms with Gasteiger partial charge in [0.15, 0.2) is 0 Å². The minimum absolute atomic E-state index is 0.0289. The number of amides is 2. The van der Waals surface area contributed by atoms with Crippen LogP contribution in [0.4, 0.5) is 0 Å². The molecule has 138 valence electrons. The molecule has 2 aliphatic heterocycles. The summed E-state index contributed by atoms with van der Waals surface area (Å²) in [6, 6.07) is 3.96. The Labute approximate surface area is 150 Å². The van der Waals surface area contributed by atoms with E-state index in [4.69, 9.17) is 4.42 Å². The maximum absolute atomic E-state index is 13.2. The van der Waals surface area contributed by atoms with Crippen molar-refractivity contribution in [1.82, 2.24) is 9.80 Å². The summed E-state index contributed by atoms with van der Waals surface area (Å²) in [6.07, 6.45) is 7.59. The molecule has 0 aliphatic carbocycles. The number of furan rings is 1. The topological polar surface area (TPSA) is 53.8 Å². The van der Waals surface area contributed by atoms with Gasteiger partial charge in [-0.2, -0.15) is 0 Å². The van der Waals surface area contributed by atoms with Gasteiger partial charge in [0.1, 0.15) is 5.76 Å². The van der Waals surface area contributed by atoms with Crippen LogP contribution in [0.2, 0.25) is 0 Å². The fourth-order valence-electron chi connectivity index (χ4n) is 4.10. The third-order valence-corrected chi connectivity index (χ3v) is 5.56. The van der Waals surface area contributed by atoms with Crippen molar-refractivity contribution in [2.45, 2.75) is 58.4 Å². The Bertz CT molecular complexity index is 574. The number of hydrogen-bond acceptors (Lipinski definition) is 3. The second-order valence-corrected chi connectivity index (χ2v) is 7.67. The highest BCUT2D eigenvalue weighted by atomic mass is 16.3. The number of carbonyl (C=O) groups is 2. The Morgan fingerprint density at radius 2 is 1.84 bits per heavy atom. The van der Waals surface area contributed by atoms with Crippen molar-refractivity contribution in [2.75, 3.05) is 19.6 Å². The standard InChI is InChI=1S/C20H30N2O3/c1-15(2)19(23)21-12-9-16(10-13-21)20(24)22-11-5-3-4-7-17(22)18-8-6-14-25-18/h6,8,14-17H,3-5,7,9-13H2,1-2H3. The monoisotopic (exact) mass is 346 g/mol. The van der Waals surface area contributed by atoms with E-state index in [-0.39, 0.29) is 29.7 Å². The lowest BCUT2D eigenvalue weighted by molar-refractivity contribution is -0.144. The van der Waals surface area contributed by atoms with Crippen LogP contribution in [-0.2, 0) is 9.59 Å². The first kappa shape index (κ1) is 18.0. The molecule has 1 aromatic rings. The zero-order chi connectivity index (χ0) is 17.8. The van der Waals surface area contributed by atoms with Crippen molar-refractivity contribution < 1.29 is 14.0 Å². The molecule has 1 atom stereocenters. The molecule has 0 aromatic carbocycles. The molecule has 0 saturated carbocycles. The second-order valence-electron chi connectivity index (χ2n) is 7.67. The number of piperidine rings is 1. The summed E-state index contributed by atoms with van der Waals surface area (Å²) in [7, 11) is 0. The van der Waals surface area contributed by atoms with Crippen molar-refractivity contribution >= 4 is 11.8 Å². The van der Waals surface area contributed by atoms with E-state index < -0.39 is 0 Å². The smallest absolute Gasteiger partial charge is 0.226 e. The molecule has 2 aliphatic rings. The predicted octanol–water partition coefficient (Wildman–Crippen LogP) is 3.62. The summed E-state index contributed by atoms with van der Waals surface area (Å²) < 4.78 is 5.62. The molecule has 3 heterocycles. The largest absolute Gasteiger partial charge is 0.467 e. The minimum Gasteiger partial charge on any atom is -0.467 e. The van der Waals surface area contributed by atoms with E-state index in [1.807, 2.05) is 30.9 Å². The quantitative estimate of drug-likeness (QED) is 0.840. The molecule has 1 unspecified atom stereocenters. The molecule has 2 amide bonds. The zero-order valence-electron chi connectivity index (χ0n) is 15.4. The number of likely N-dealkylation sites (tertiary alicyclic amines) is 2. The normalized spacial score (nSPS) is 22.9. The van der Waals surface area contributed by atoms with Crippen molar-refractivity contribution in [3.8, 4) is 0 Å². The molecule has 5 nitrogen and oxygen atoms in total. The highest BCUT2D eigenvalue weighted by molar-refractivity contribution is 5.81. The third-order valence-electron chi connectivity index (χ3n) is 5.56. The summed E-state index contributed by atoms with van der Waals surface area (Å²) in [5.74, 6) is 1.42. The van der Waals surface area contributed by atoms with Gasteiger partial charge in [-0.3, -0.25) is 9.59 Å². The highest BCUT2D eigenvalue weighted by Crippen LogP contribution is 2.33. The van der Waals surface area contributed by atoms with Gasteiger partial charge in [0.05, 0.1) is 12.3 Å². The fraction of sp³-hybridized carbons (Fsp3) is 0.700. The Morgan fingerprint density at radius 3 is 2.48 bits per heavy atom. The van der Waals surface area contributed by atoms with E-state index in [9.17, 15) is 9.59 Å². The zero-order valence-corrected chi connectivity index (χ0v) is 15.4. The van der Waals surface area contributed by atoms with Crippen LogP contribution in [0.15, 0.2) is 22.8 Å². The summed E-state index contributed by atoms with van der Waals surface area (Å²) >= 11 is 0. The Kier molecular flexibility index (Phi) is 5.82. The SMILES string of the molecule is CC(C)C(=O)N1CCC(C(=O)N2CCCCCC2c2ccco2)CC1. The first-order valence-corrected chi connectivity index (χ1v) is 9.70. The van der Waals surface area contributed by atoms with Crippen molar-refractivity contribution in [3.05, 3.63) is 24.2 Å². The van der Waals surface area contributed by atoms with Crippen LogP contribution in [0.25, 0.3) is 0 Å². The van der Waals surface area contributed by atoms with E-state index in [0.717, 1.165) is 44.4 Å². The van der Waals surface area contributed by atoms with Gasteiger partial charge in [-0.05, 0) is 37.8 Å². The first-order valence-electron chi connectivity index (χ1n) is 9.70. The van der Waals surface area contributed by atoms with E-state index in [1.165, 1.54) is 6.42 Å². The maximum Gasteiger partial charge on any atom is 0.226 e. The lowest BCUT2D eigenvalue weighted by Crippen LogP contribution is -2.46. The number of carbonyl (C=O) groups excluding carboxylic acids is 2. The lowest BCUT2D eigenvalue weighted by Gasteiger charge is -2.37. The van der Waals surface area contributed by atoms with Gasteiger partial charge in [0.25, 0.3) is 0 Å².